The monoisotopic (exact) mass is 363 g/mol. The predicted octanol–water partition coefficient (Wildman–Crippen LogP) is 3.87. The molecule has 1 aromatic heterocycles. The Hall–Kier alpha value is -1.76. The van der Waals surface area contributed by atoms with Crippen molar-refractivity contribution < 1.29 is 12.8 Å². The van der Waals surface area contributed by atoms with Gasteiger partial charge in [0.1, 0.15) is 5.82 Å². The number of rotatable bonds is 6. The topological polar surface area (TPSA) is 46.2 Å². The van der Waals surface area contributed by atoms with Crippen molar-refractivity contribution in [2.75, 3.05) is 6.26 Å². The molecule has 24 heavy (non-hydrogen) atoms. The first kappa shape index (κ1) is 17.1. The lowest BCUT2D eigenvalue weighted by molar-refractivity contribution is 0.599. The summed E-state index contributed by atoms with van der Waals surface area (Å²) in [5.41, 5.74) is 1.32. The molecule has 126 valence electrons. The summed E-state index contributed by atoms with van der Waals surface area (Å²) in [5, 5.41) is 4.49. The van der Waals surface area contributed by atoms with Gasteiger partial charge < -0.3 is 5.32 Å². The summed E-state index contributed by atoms with van der Waals surface area (Å²) < 4.78 is 37.8. The van der Waals surface area contributed by atoms with Crippen molar-refractivity contribution in [3.63, 3.8) is 0 Å². The van der Waals surface area contributed by atoms with Crippen LogP contribution in [0.15, 0.2) is 48.5 Å². The van der Waals surface area contributed by atoms with E-state index in [1.165, 1.54) is 33.4 Å². The smallest absolute Gasteiger partial charge is 0.151 e. The van der Waals surface area contributed by atoms with Gasteiger partial charge in [-0.3, -0.25) is 0 Å². The number of hydrogen-bond acceptors (Lipinski definition) is 4. The van der Waals surface area contributed by atoms with Crippen LogP contribution in [-0.4, -0.2) is 14.7 Å². The standard InChI is InChI=1S/C18H18FNO2S2/c1-24(21,22)12-14-6-7-16(19)8-15(14)10-20-11-17-9-13-4-2-3-5-18(13)23-17/h2-9,20H,10-12H2,1H3. The second-order valence-electron chi connectivity index (χ2n) is 5.84. The van der Waals surface area contributed by atoms with Crippen molar-refractivity contribution in [1.29, 1.82) is 0 Å². The van der Waals surface area contributed by atoms with Gasteiger partial charge in [-0.15, -0.1) is 11.3 Å². The van der Waals surface area contributed by atoms with Crippen molar-refractivity contribution in [2.24, 2.45) is 0 Å². The molecule has 0 aliphatic heterocycles. The number of sulfone groups is 1. The van der Waals surface area contributed by atoms with Crippen molar-refractivity contribution >= 4 is 31.3 Å². The van der Waals surface area contributed by atoms with E-state index in [4.69, 9.17) is 0 Å². The van der Waals surface area contributed by atoms with Gasteiger partial charge >= 0.3 is 0 Å². The van der Waals surface area contributed by atoms with Gasteiger partial charge in [-0.05, 0) is 40.8 Å². The third-order valence-corrected chi connectivity index (χ3v) is 5.63. The highest BCUT2D eigenvalue weighted by atomic mass is 32.2. The summed E-state index contributed by atoms with van der Waals surface area (Å²) in [6, 6.07) is 14.6. The highest BCUT2D eigenvalue weighted by molar-refractivity contribution is 7.89. The second kappa shape index (κ2) is 7.01. The van der Waals surface area contributed by atoms with Crippen molar-refractivity contribution in [2.45, 2.75) is 18.8 Å². The fourth-order valence-electron chi connectivity index (χ4n) is 2.63. The Kier molecular flexibility index (Phi) is 4.99. The zero-order valence-corrected chi connectivity index (χ0v) is 14.9. The number of thiophene rings is 1. The number of nitrogens with one attached hydrogen (secondary N) is 1. The molecular weight excluding hydrogens is 345 g/mol. The molecule has 0 bridgehead atoms. The van der Waals surface area contributed by atoms with Crippen LogP contribution in [0.2, 0.25) is 0 Å². The van der Waals surface area contributed by atoms with E-state index in [0.717, 1.165) is 0 Å². The van der Waals surface area contributed by atoms with Gasteiger partial charge in [0.15, 0.2) is 9.84 Å². The van der Waals surface area contributed by atoms with E-state index in [1.807, 2.05) is 12.1 Å². The molecule has 0 unspecified atom stereocenters. The lowest BCUT2D eigenvalue weighted by atomic mass is 10.1. The minimum absolute atomic E-state index is 0.0762. The van der Waals surface area contributed by atoms with Crippen LogP contribution < -0.4 is 5.32 Å². The molecule has 0 saturated carbocycles. The van der Waals surface area contributed by atoms with Gasteiger partial charge in [-0.2, -0.15) is 0 Å². The first-order valence-corrected chi connectivity index (χ1v) is 10.4. The fourth-order valence-corrected chi connectivity index (χ4v) is 4.51. The van der Waals surface area contributed by atoms with Gasteiger partial charge in [0.05, 0.1) is 5.75 Å². The van der Waals surface area contributed by atoms with Crippen molar-refractivity contribution in [3.8, 4) is 0 Å². The first-order chi connectivity index (χ1) is 11.4. The maximum atomic E-state index is 13.5. The highest BCUT2D eigenvalue weighted by Crippen LogP contribution is 2.25. The van der Waals surface area contributed by atoms with E-state index in [9.17, 15) is 12.8 Å². The molecule has 3 aromatic rings. The molecule has 0 spiro atoms. The first-order valence-electron chi connectivity index (χ1n) is 7.54. The van der Waals surface area contributed by atoms with Gasteiger partial charge in [-0.25, -0.2) is 12.8 Å². The average Bonchev–Trinajstić information content (AvgIpc) is 2.91. The summed E-state index contributed by atoms with van der Waals surface area (Å²) in [4.78, 5) is 1.19. The lowest BCUT2D eigenvalue weighted by Gasteiger charge is -2.10. The Morgan fingerprint density at radius 1 is 1.04 bits per heavy atom. The van der Waals surface area contributed by atoms with E-state index in [2.05, 4.69) is 23.5 Å². The Bertz CT molecular complexity index is 931. The normalized spacial score (nSPS) is 11.9. The summed E-state index contributed by atoms with van der Waals surface area (Å²) in [5.74, 6) is -0.432. The third-order valence-electron chi connectivity index (χ3n) is 3.68. The molecule has 3 nitrogen and oxygen atoms in total. The minimum Gasteiger partial charge on any atom is -0.308 e. The Labute approximate surface area is 145 Å². The van der Waals surface area contributed by atoms with E-state index >= 15 is 0 Å². The molecule has 1 heterocycles. The van der Waals surface area contributed by atoms with Crippen LogP contribution in [-0.2, 0) is 28.7 Å². The number of fused-ring (bicyclic) bond motifs is 1. The van der Waals surface area contributed by atoms with E-state index in [0.29, 0.717) is 24.2 Å². The van der Waals surface area contributed by atoms with Crippen LogP contribution in [0.3, 0.4) is 0 Å². The molecule has 0 amide bonds. The Balaban J connectivity index is 1.70. The van der Waals surface area contributed by atoms with Crippen molar-refractivity contribution in [1.82, 2.24) is 5.32 Å². The predicted molar refractivity (Wildman–Crippen MR) is 97.3 cm³/mol. The molecule has 0 aliphatic rings. The zero-order valence-electron chi connectivity index (χ0n) is 13.3. The molecule has 0 fully saturated rings. The zero-order chi connectivity index (χ0) is 17.2. The quantitative estimate of drug-likeness (QED) is 0.723. The molecule has 2 aromatic carbocycles. The molecule has 6 heteroatoms. The number of hydrogen-bond donors (Lipinski definition) is 1. The Morgan fingerprint density at radius 2 is 1.83 bits per heavy atom. The van der Waals surface area contributed by atoms with Crippen LogP contribution in [0, 0.1) is 5.82 Å². The van der Waals surface area contributed by atoms with Gasteiger partial charge in [0, 0.05) is 28.9 Å². The third kappa shape index (κ3) is 4.41. The molecule has 1 N–H and O–H groups in total. The molecular formula is C18H18FNO2S2. The molecule has 0 aliphatic carbocycles. The molecule has 0 atom stereocenters. The minimum atomic E-state index is -3.16. The summed E-state index contributed by atoms with van der Waals surface area (Å²) in [6.45, 7) is 1.09. The summed E-state index contributed by atoms with van der Waals surface area (Å²) in [6.07, 6.45) is 1.19. The number of halogens is 1. The van der Waals surface area contributed by atoms with Gasteiger partial charge in [0.25, 0.3) is 0 Å². The molecule has 3 rings (SSSR count). The van der Waals surface area contributed by atoms with Crippen molar-refractivity contribution in [3.05, 3.63) is 70.4 Å². The Morgan fingerprint density at radius 3 is 2.58 bits per heavy atom. The van der Waals surface area contributed by atoms with Crippen LogP contribution in [0.5, 0.6) is 0 Å². The number of benzene rings is 2. The maximum absolute atomic E-state index is 13.5. The highest BCUT2D eigenvalue weighted by Gasteiger charge is 2.10. The van der Waals surface area contributed by atoms with E-state index < -0.39 is 9.84 Å². The van der Waals surface area contributed by atoms with Gasteiger partial charge in [-0.1, -0.05) is 24.3 Å². The maximum Gasteiger partial charge on any atom is 0.151 e. The summed E-state index contributed by atoms with van der Waals surface area (Å²) >= 11 is 1.72. The fraction of sp³-hybridized carbons (Fsp3) is 0.222. The van der Waals surface area contributed by atoms with Crippen LogP contribution >= 0.6 is 11.3 Å². The van der Waals surface area contributed by atoms with Gasteiger partial charge in [0.2, 0.25) is 0 Å². The van der Waals surface area contributed by atoms with E-state index in [1.54, 1.807) is 17.4 Å². The largest absolute Gasteiger partial charge is 0.308 e. The summed E-state index contributed by atoms with van der Waals surface area (Å²) in [7, 11) is -3.16. The lowest BCUT2D eigenvalue weighted by Crippen LogP contribution is -2.14. The average molecular weight is 363 g/mol. The SMILES string of the molecule is CS(=O)(=O)Cc1ccc(F)cc1CNCc1cc2ccccc2s1. The van der Waals surface area contributed by atoms with Crippen LogP contribution in [0.4, 0.5) is 4.39 Å². The molecule has 0 saturated heterocycles. The van der Waals surface area contributed by atoms with Crippen LogP contribution in [0.1, 0.15) is 16.0 Å². The molecule has 0 radical (unpaired) electrons. The van der Waals surface area contributed by atoms with Crippen LogP contribution in [0.25, 0.3) is 10.1 Å². The van der Waals surface area contributed by atoms with E-state index in [-0.39, 0.29) is 11.6 Å². The second-order valence-corrected chi connectivity index (χ2v) is 9.15.